The van der Waals surface area contributed by atoms with Gasteiger partial charge in [0.1, 0.15) is 0 Å². The number of H-pyrrole nitrogens is 1. The number of hydrogen-bond donors (Lipinski definition) is 2. The molecule has 1 aromatic rings. The third kappa shape index (κ3) is 1.02. The predicted molar refractivity (Wildman–Crippen MR) is 46.0 cm³/mol. The van der Waals surface area contributed by atoms with Crippen LogP contribution in [0.25, 0.3) is 0 Å². The van der Waals surface area contributed by atoms with E-state index >= 15 is 0 Å². The van der Waals surface area contributed by atoms with E-state index in [-0.39, 0.29) is 5.91 Å². The minimum atomic E-state index is -0.318. The standard InChI is InChI=1S/C9H12N2O/c1-5-8(6-2-3-6)7(4-11-5)9(10)12/h4,6,11H,2-3H2,1H3,(H2,10,12). The summed E-state index contributed by atoms with van der Waals surface area (Å²) in [5, 5.41) is 0. The van der Waals surface area contributed by atoms with Gasteiger partial charge in [0.15, 0.2) is 0 Å². The van der Waals surface area contributed by atoms with Crippen LogP contribution in [0.2, 0.25) is 0 Å². The molecule has 0 radical (unpaired) electrons. The zero-order chi connectivity index (χ0) is 8.72. The quantitative estimate of drug-likeness (QED) is 0.680. The van der Waals surface area contributed by atoms with Crippen LogP contribution in [-0.2, 0) is 0 Å². The van der Waals surface area contributed by atoms with Crippen molar-refractivity contribution < 1.29 is 4.79 Å². The molecule has 3 nitrogen and oxygen atoms in total. The van der Waals surface area contributed by atoms with Gasteiger partial charge in [0, 0.05) is 11.9 Å². The van der Waals surface area contributed by atoms with Crippen molar-refractivity contribution in [1.29, 1.82) is 0 Å². The summed E-state index contributed by atoms with van der Waals surface area (Å²) < 4.78 is 0. The lowest BCUT2D eigenvalue weighted by atomic mass is 10.1. The van der Waals surface area contributed by atoms with Gasteiger partial charge in [-0.3, -0.25) is 4.79 Å². The van der Waals surface area contributed by atoms with E-state index in [1.54, 1.807) is 6.20 Å². The van der Waals surface area contributed by atoms with Crippen molar-refractivity contribution in [2.75, 3.05) is 0 Å². The van der Waals surface area contributed by atoms with Crippen LogP contribution >= 0.6 is 0 Å². The van der Waals surface area contributed by atoms with E-state index < -0.39 is 0 Å². The first kappa shape index (κ1) is 7.40. The highest BCUT2D eigenvalue weighted by Gasteiger charge is 2.29. The topological polar surface area (TPSA) is 58.9 Å². The number of aromatic amines is 1. The molecular weight excluding hydrogens is 152 g/mol. The Hall–Kier alpha value is -1.25. The lowest BCUT2D eigenvalue weighted by Gasteiger charge is -1.98. The number of nitrogens with one attached hydrogen (secondary N) is 1. The van der Waals surface area contributed by atoms with Crippen LogP contribution in [0, 0.1) is 6.92 Å². The fraction of sp³-hybridized carbons (Fsp3) is 0.444. The van der Waals surface area contributed by atoms with Crippen molar-refractivity contribution in [3.63, 3.8) is 0 Å². The van der Waals surface area contributed by atoms with Crippen molar-refractivity contribution >= 4 is 5.91 Å². The number of aryl methyl sites for hydroxylation is 1. The molecule has 1 aliphatic rings. The highest BCUT2D eigenvalue weighted by molar-refractivity contribution is 5.94. The van der Waals surface area contributed by atoms with Crippen molar-refractivity contribution in [2.24, 2.45) is 5.73 Å². The zero-order valence-electron chi connectivity index (χ0n) is 7.05. The van der Waals surface area contributed by atoms with E-state index in [1.165, 1.54) is 12.8 Å². The Morgan fingerprint density at radius 1 is 1.67 bits per heavy atom. The molecule has 0 spiro atoms. The van der Waals surface area contributed by atoms with E-state index in [0.29, 0.717) is 11.5 Å². The third-order valence-corrected chi connectivity index (χ3v) is 2.38. The number of primary amides is 1. The second-order valence-electron chi connectivity index (χ2n) is 3.38. The molecule has 12 heavy (non-hydrogen) atoms. The van der Waals surface area contributed by atoms with E-state index in [1.807, 2.05) is 6.92 Å². The molecule has 1 fully saturated rings. The maximum Gasteiger partial charge on any atom is 0.250 e. The average Bonchev–Trinajstić information content (AvgIpc) is 2.75. The first-order valence-corrected chi connectivity index (χ1v) is 4.18. The number of amides is 1. The van der Waals surface area contributed by atoms with Crippen molar-refractivity contribution in [3.05, 3.63) is 23.0 Å². The van der Waals surface area contributed by atoms with E-state index in [4.69, 9.17) is 5.73 Å². The maximum absolute atomic E-state index is 11.0. The summed E-state index contributed by atoms with van der Waals surface area (Å²) in [6.07, 6.45) is 4.10. The smallest absolute Gasteiger partial charge is 0.250 e. The summed E-state index contributed by atoms with van der Waals surface area (Å²) >= 11 is 0. The summed E-state index contributed by atoms with van der Waals surface area (Å²) in [4.78, 5) is 14.0. The van der Waals surface area contributed by atoms with Gasteiger partial charge in [-0.2, -0.15) is 0 Å². The molecule has 3 heteroatoms. The summed E-state index contributed by atoms with van der Waals surface area (Å²) in [6, 6.07) is 0. The molecule has 1 saturated carbocycles. The number of nitrogens with two attached hydrogens (primary N) is 1. The Bertz CT molecular complexity index is 323. The Morgan fingerprint density at radius 2 is 2.33 bits per heavy atom. The Kier molecular flexibility index (Phi) is 1.46. The zero-order valence-corrected chi connectivity index (χ0v) is 7.05. The van der Waals surface area contributed by atoms with Gasteiger partial charge >= 0.3 is 0 Å². The summed E-state index contributed by atoms with van der Waals surface area (Å²) in [5.74, 6) is 0.264. The van der Waals surface area contributed by atoms with Crippen molar-refractivity contribution in [1.82, 2.24) is 4.98 Å². The predicted octanol–water partition coefficient (Wildman–Crippen LogP) is 1.30. The summed E-state index contributed by atoms with van der Waals surface area (Å²) in [6.45, 7) is 1.99. The van der Waals surface area contributed by atoms with Gasteiger partial charge in [0.05, 0.1) is 5.56 Å². The van der Waals surface area contributed by atoms with Gasteiger partial charge in [0.2, 0.25) is 0 Å². The van der Waals surface area contributed by atoms with Gasteiger partial charge in [-0.25, -0.2) is 0 Å². The van der Waals surface area contributed by atoms with Gasteiger partial charge in [0.25, 0.3) is 5.91 Å². The summed E-state index contributed by atoms with van der Waals surface area (Å²) in [5.41, 5.74) is 8.14. The molecule has 0 aromatic carbocycles. The van der Waals surface area contributed by atoms with Gasteiger partial charge < -0.3 is 10.7 Å². The largest absolute Gasteiger partial charge is 0.366 e. The van der Waals surface area contributed by atoms with Gasteiger partial charge in [-0.05, 0) is 31.2 Å². The van der Waals surface area contributed by atoms with Crippen molar-refractivity contribution in [3.8, 4) is 0 Å². The highest BCUT2D eigenvalue weighted by atomic mass is 16.1. The Morgan fingerprint density at radius 3 is 2.83 bits per heavy atom. The van der Waals surface area contributed by atoms with Crippen LogP contribution in [0.15, 0.2) is 6.20 Å². The van der Waals surface area contributed by atoms with E-state index in [0.717, 1.165) is 11.3 Å². The number of hydrogen-bond acceptors (Lipinski definition) is 1. The molecule has 1 heterocycles. The lowest BCUT2D eigenvalue weighted by molar-refractivity contribution is 0.0999. The van der Waals surface area contributed by atoms with E-state index in [2.05, 4.69) is 4.98 Å². The fourth-order valence-electron chi connectivity index (χ4n) is 1.64. The SMILES string of the molecule is Cc1[nH]cc(C(N)=O)c1C1CC1. The fourth-order valence-corrected chi connectivity index (χ4v) is 1.64. The lowest BCUT2D eigenvalue weighted by Crippen LogP contribution is -2.11. The molecule has 1 amide bonds. The first-order chi connectivity index (χ1) is 5.70. The Balaban J connectivity index is 2.46. The molecule has 2 rings (SSSR count). The molecule has 64 valence electrons. The van der Waals surface area contributed by atoms with Crippen LogP contribution in [0.4, 0.5) is 0 Å². The molecule has 0 atom stereocenters. The van der Waals surface area contributed by atoms with Crippen LogP contribution in [0.1, 0.15) is 40.4 Å². The second-order valence-corrected chi connectivity index (χ2v) is 3.38. The molecule has 3 N–H and O–H groups in total. The Labute approximate surface area is 71.0 Å². The van der Waals surface area contributed by atoms with Crippen LogP contribution < -0.4 is 5.73 Å². The van der Waals surface area contributed by atoms with Crippen LogP contribution in [0.3, 0.4) is 0 Å². The minimum absolute atomic E-state index is 0.318. The number of carbonyl (C=O) groups is 1. The third-order valence-electron chi connectivity index (χ3n) is 2.38. The molecule has 0 unspecified atom stereocenters. The second kappa shape index (κ2) is 2.37. The molecular formula is C9H12N2O. The van der Waals surface area contributed by atoms with Gasteiger partial charge in [-0.1, -0.05) is 0 Å². The molecule has 0 bridgehead atoms. The maximum atomic E-state index is 11.0. The normalized spacial score (nSPS) is 16.4. The number of rotatable bonds is 2. The number of carbonyl (C=O) groups excluding carboxylic acids is 1. The molecule has 0 saturated heterocycles. The first-order valence-electron chi connectivity index (χ1n) is 4.18. The molecule has 0 aliphatic heterocycles. The van der Waals surface area contributed by atoms with Crippen LogP contribution in [0.5, 0.6) is 0 Å². The van der Waals surface area contributed by atoms with Crippen LogP contribution in [-0.4, -0.2) is 10.9 Å². The highest BCUT2D eigenvalue weighted by Crippen LogP contribution is 2.43. The average molecular weight is 164 g/mol. The number of aromatic nitrogens is 1. The van der Waals surface area contributed by atoms with Crippen molar-refractivity contribution in [2.45, 2.75) is 25.7 Å². The minimum Gasteiger partial charge on any atom is -0.366 e. The van der Waals surface area contributed by atoms with Gasteiger partial charge in [-0.15, -0.1) is 0 Å². The molecule has 1 aromatic heterocycles. The van der Waals surface area contributed by atoms with E-state index in [9.17, 15) is 4.79 Å². The monoisotopic (exact) mass is 164 g/mol. The summed E-state index contributed by atoms with van der Waals surface area (Å²) in [7, 11) is 0. The molecule has 1 aliphatic carbocycles.